The number of hydrogen-bond donors (Lipinski definition) is 1. The number of aromatic nitrogens is 1. The van der Waals surface area contributed by atoms with Gasteiger partial charge in [-0.05, 0) is 43.0 Å². The topological polar surface area (TPSA) is 56.5 Å². The van der Waals surface area contributed by atoms with Crippen LogP contribution in [-0.2, 0) is 6.61 Å². The van der Waals surface area contributed by atoms with E-state index < -0.39 is 0 Å². The quantitative estimate of drug-likeness (QED) is 0.537. The van der Waals surface area contributed by atoms with Crippen molar-refractivity contribution in [3.8, 4) is 11.5 Å². The fourth-order valence-electron chi connectivity index (χ4n) is 2.29. The predicted molar refractivity (Wildman–Crippen MR) is 100 cm³/mol. The van der Waals surface area contributed by atoms with E-state index >= 15 is 0 Å². The van der Waals surface area contributed by atoms with Crippen molar-refractivity contribution >= 4 is 17.2 Å². The highest BCUT2D eigenvalue weighted by Gasteiger charge is 2.25. The Labute approximate surface area is 153 Å². The van der Waals surface area contributed by atoms with Gasteiger partial charge in [-0.15, -0.1) is 0 Å². The Hall–Kier alpha value is -2.08. The fraction of sp³-hybridized carbons (Fsp3) is 0.474. The highest BCUT2D eigenvalue weighted by Crippen LogP contribution is 2.29. The maximum absolute atomic E-state index is 5.71. The second-order valence-corrected chi connectivity index (χ2v) is 6.99. The molecule has 1 aliphatic rings. The fourth-order valence-corrected chi connectivity index (χ4v) is 2.63. The molecule has 1 N–H and O–H groups in total. The SMILES string of the molecule is CC(C)c1cc(COc2ccc(OCCNC(=S)C3CC3)cc2)on1. The van der Waals surface area contributed by atoms with Gasteiger partial charge in [0.25, 0.3) is 0 Å². The summed E-state index contributed by atoms with van der Waals surface area (Å²) in [6.07, 6.45) is 2.45. The van der Waals surface area contributed by atoms with E-state index in [-0.39, 0.29) is 0 Å². The van der Waals surface area contributed by atoms with Gasteiger partial charge in [0.05, 0.1) is 10.7 Å². The zero-order chi connectivity index (χ0) is 17.6. The first-order chi connectivity index (χ1) is 12.1. The minimum absolute atomic E-state index is 0.349. The summed E-state index contributed by atoms with van der Waals surface area (Å²) in [4.78, 5) is 0.973. The van der Waals surface area contributed by atoms with Crippen LogP contribution in [0.25, 0.3) is 0 Å². The molecule has 5 nitrogen and oxygen atoms in total. The summed E-state index contributed by atoms with van der Waals surface area (Å²) >= 11 is 5.28. The first kappa shape index (κ1) is 17.7. The summed E-state index contributed by atoms with van der Waals surface area (Å²) in [5.41, 5.74) is 0.942. The van der Waals surface area contributed by atoms with E-state index in [0.29, 0.717) is 25.0 Å². The Bertz CT molecular complexity index is 693. The molecule has 1 fully saturated rings. The van der Waals surface area contributed by atoms with Gasteiger partial charge < -0.3 is 19.3 Å². The van der Waals surface area contributed by atoms with E-state index in [0.717, 1.165) is 34.5 Å². The Morgan fingerprint density at radius 1 is 1.24 bits per heavy atom. The lowest BCUT2D eigenvalue weighted by atomic mass is 10.1. The molecule has 6 heteroatoms. The number of nitrogens with zero attached hydrogens (tertiary/aromatic N) is 1. The number of ether oxygens (including phenoxy) is 2. The third-order valence-corrected chi connectivity index (χ3v) is 4.47. The maximum atomic E-state index is 5.71. The van der Waals surface area contributed by atoms with Gasteiger partial charge in [-0.25, -0.2) is 0 Å². The summed E-state index contributed by atoms with van der Waals surface area (Å²) < 4.78 is 16.7. The third kappa shape index (κ3) is 5.46. The molecule has 1 aromatic heterocycles. The lowest BCUT2D eigenvalue weighted by Gasteiger charge is -2.09. The Balaban J connectivity index is 1.38. The Kier molecular flexibility index (Phi) is 5.91. The zero-order valence-corrected chi connectivity index (χ0v) is 15.5. The van der Waals surface area contributed by atoms with Crippen molar-refractivity contribution in [1.29, 1.82) is 0 Å². The van der Waals surface area contributed by atoms with Crippen LogP contribution >= 0.6 is 12.2 Å². The van der Waals surface area contributed by atoms with Crippen LogP contribution in [0, 0.1) is 5.92 Å². The molecule has 134 valence electrons. The van der Waals surface area contributed by atoms with Crippen LogP contribution in [0.2, 0.25) is 0 Å². The van der Waals surface area contributed by atoms with Gasteiger partial charge in [0.1, 0.15) is 24.7 Å². The number of nitrogens with one attached hydrogen (secondary N) is 1. The second-order valence-electron chi connectivity index (χ2n) is 6.55. The van der Waals surface area contributed by atoms with Crippen molar-refractivity contribution in [2.75, 3.05) is 13.2 Å². The van der Waals surface area contributed by atoms with E-state index in [9.17, 15) is 0 Å². The van der Waals surface area contributed by atoms with Crippen LogP contribution in [0.3, 0.4) is 0 Å². The number of hydrogen-bond acceptors (Lipinski definition) is 5. The lowest BCUT2D eigenvalue weighted by Crippen LogP contribution is -2.27. The minimum Gasteiger partial charge on any atom is -0.492 e. The van der Waals surface area contributed by atoms with Crippen molar-refractivity contribution in [3.63, 3.8) is 0 Å². The van der Waals surface area contributed by atoms with E-state index in [1.807, 2.05) is 30.3 Å². The molecule has 0 atom stereocenters. The molecule has 1 saturated carbocycles. The third-order valence-electron chi connectivity index (χ3n) is 3.99. The number of thiocarbonyl (C=S) groups is 1. The van der Waals surface area contributed by atoms with Gasteiger partial charge >= 0.3 is 0 Å². The Morgan fingerprint density at radius 3 is 2.52 bits per heavy atom. The predicted octanol–water partition coefficient (Wildman–Crippen LogP) is 4.08. The minimum atomic E-state index is 0.349. The molecular formula is C19H24N2O3S. The normalized spacial score (nSPS) is 13.7. The molecule has 1 aromatic carbocycles. The molecule has 3 rings (SSSR count). The van der Waals surface area contributed by atoms with Gasteiger partial charge in [-0.1, -0.05) is 31.2 Å². The average Bonchev–Trinajstić information content (AvgIpc) is 3.35. The van der Waals surface area contributed by atoms with Gasteiger partial charge in [0.2, 0.25) is 0 Å². The average molecular weight is 360 g/mol. The molecule has 1 aliphatic carbocycles. The summed E-state index contributed by atoms with van der Waals surface area (Å²) in [7, 11) is 0. The first-order valence-corrected chi connectivity index (χ1v) is 9.11. The highest BCUT2D eigenvalue weighted by molar-refractivity contribution is 7.80. The lowest BCUT2D eigenvalue weighted by molar-refractivity contribution is 0.247. The number of benzene rings is 1. The molecule has 0 aliphatic heterocycles. The van der Waals surface area contributed by atoms with E-state index in [1.54, 1.807) is 0 Å². The van der Waals surface area contributed by atoms with Gasteiger partial charge in [0, 0.05) is 18.5 Å². The molecule has 0 radical (unpaired) electrons. The van der Waals surface area contributed by atoms with Crippen molar-refractivity contribution in [1.82, 2.24) is 10.5 Å². The van der Waals surface area contributed by atoms with Crippen LogP contribution in [0.4, 0.5) is 0 Å². The van der Waals surface area contributed by atoms with E-state index in [4.69, 9.17) is 26.2 Å². The second kappa shape index (κ2) is 8.34. The summed E-state index contributed by atoms with van der Waals surface area (Å²) in [6, 6.07) is 9.50. The first-order valence-electron chi connectivity index (χ1n) is 8.70. The standard InChI is InChI=1S/C19H24N2O3S/c1-13(2)18-11-17(24-21-18)12-23-16-7-5-15(6-8-16)22-10-9-20-19(25)14-3-4-14/h5-8,11,13-14H,3-4,9-10,12H2,1-2H3,(H,20,25). The maximum Gasteiger partial charge on any atom is 0.174 e. The van der Waals surface area contributed by atoms with Crippen LogP contribution in [-0.4, -0.2) is 23.3 Å². The molecule has 0 bridgehead atoms. The van der Waals surface area contributed by atoms with Crippen molar-refractivity contribution < 1.29 is 14.0 Å². The molecule has 0 amide bonds. The van der Waals surface area contributed by atoms with Crippen LogP contribution < -0.4 is 14.8 Å². The Morgan fingerprint density at radius 2 is 1.92 bits per heavy atom. The van der Waals surface area contributed by atoms with Gasteiger partial charge in [-0.2, -0.15) is 0 Å². The summed E-state index contributed by atoms with van der Waals surface area (Å²) in [6.45, 7) is 5.84. The van der Waals surface area contributed by atoms with Crippen LogP contribution in [0.15, 0.2) is 34.9 Å². The smallest absolute Gasteiger partial charge is 0.174 e. The molecule has 1 heterocycles. The van der Waals surface area contributed by atoms with Crippen molar-refractivity contribution in [3.05, 3.63) is 41.8 Å². The summed E-state index contributed by atoms with van der Waals surface area (Å²) in [5.74, 6) is 3.26. The van der Waals surface area contributed by atoms with Crippen LogP contribution in [0.5, 0.6) is 11.5 Å². The highest BCUT2D eigenvalue weighted by atomic mass is 32.1. The summed E-state index contributed by atoms with van der Waals surface area (Å²) in [5, 5.41) is 7.26. The monoisotopic (exact) mass is 360 g/mol. The largest absolute Gasteiger partial charge is 0.492 e. The number of rotatable bonds is 9. The van der Waals surface area contributed by atoms with Crippen molar-refractivity contribution in [2.24, 2.45) is 5.92 Å². The van der Waals surface area contributed by atoms with E-state index in [1.165, 1.54) is 12.8 Å². The molecular weight excluding hydrogens is 336 g/mol. The molecule has 0 unspecified atom stereocenters. The molecule has 25 heavy (non-hydrogen) atoms. The molecule has 0 spiro atoms. The molecule has 0 saturated heterocycles. The zero-order valence-electron chi connectivity index (χ0n) is 14.7. The van der Waals surface area contributed by atoms with E-state index in [2.05, 4.69) is 24.3 Å². The van der Waals surface area contributed by atoms with Gasteiger partial charge in [0.15, 0.2) is 5.76 Å². The van der Waals surface area contributed by atoms with Crippen molar-refractivity contribution in [2.45, 2.75) is 39.2 Å². The van der Waals surface area contributed by atoms with Gasteiger partial charge in [-0.3, -0.25) is 0 Å². The molecule has 2 aromatic rings. The van der Waals surface area contributed by atoms with Crippen LogP contribution in [0.1, 0.15) is 44.1 Å².